The Balaban J connectivity index is 1.54. The molecule has 1 aromatic heterocycles. The number of hydrogen-bond donors (Lipinski definition) is 1. The van der Waals surface area contributed by atoms with Gasteiger partial charge in [-0.3, -0.25) is 4.79 Å². The summed E-state index contributed by atoms with van der Waals surface area (Å²) in [5.41, 5.74) is 3.89. The van der Waals surface area contributed by atoms with Crippen molar-refractivity contribution in [1.29, 1.82) is 0 Å². The molecule has 0 saturated carbocycles. The summed E-state index contributed by atoms with van der Waals surface area (Å²) in [5.74, 6) is -0.105. The average Bonchev–Trinajstić information content (AvgIpc) is 3.02. The van der Waals surface area contributed by atoms with Crippen LogP contribution in [0.4, 0.5) is 0 Å². The third kappa shape index (κ3) is 4.22. The minimum absolute atomic E-state index is 0.105. The van der Waals surface area contributed by atoms with E-state index in [9.17, 15) is 4.79 Å². The van der Waals surface area contributed by atoms with Crippen molar-refractivity contribution in [3.63, 3.8) is 0 Å². The van der Waals surface area contributed by atoms with Gasteiger partial charge < -0.3 is 5.32 Å². The normalized spacial score (nSPS) is 10.6. The van der Waals surface area contributed by atoms with Crippen LogP contribution in [0.15, 0.2) is 53.9 Å². The zero-order valence-corrected chi connectivity index (χ0v) is 14.8. The number of halogens is 1. The molecule has 0 aliphatic rings. The molecule has 0 unspecified atom stereocenters. The van der Waals surface area contributed by atoms with E-state index >= 15 is 0 Å². The van der Waals surface area contributed by atoms with Crippen molar-refractivity contribution < 1.29 is 4.79 Å². The molecule has 3 rings (SSSR count). The fourth-order valence-corrected chi connectivity index (χ4v) is 3.20. The van der Waals surface area contributed by atoms with Crippen LogP contribution in [0.2, 0.25) is 5.02 Å². The molecule has 3 nitrogen and oxygen atoms in total. The molecule has 1 N–H and O–H groups in total. The molecule has 3 aromatic rings. The van der Waals surface area contributed by atoms with Gasteiger partial charge in [0.15, 0.2) is 0 Å². The summed E-state index contributed by atoms with van der Waals surface area (Å²) in [6.45, 7) is 2.59. The highest BCUT2D eigenvalue weighted by molar-refractivity contribution is 7.09. The number of amides is 1. The summed E-state index contributed by atoms with van der Waals surface area (Å²) in [5, 5.41) is 6.61. The van der Waals surface area contributed by atoms with Crippen molar-refractivity contribution in [3.8, 4) is 11.3 Å². The highest BCUT2D eigenvalue weighted by Gasteiger charge is 2.06. The molecule has 122 valence electrons. The van der Waals surface area contributed by atoms with Gasteiger partial charge in [-0.15, -0.1) is 11.3 Å². The van der Waals surface area contributed by atoms with Crippen molar-refractivity contribution >= 4 is 28.8 Å². The van der Waals surface area contributed by atoms with Gasteiger partial charge in [-0.2, -0.15) is 0 Å². The van der Waals surface area contributed by atoms with Gasteiger partial charge >= 0.3 is 0 Å². The molecule has 0 radical (unpaired) electrons. The van der Waals surface area contributed by atoms with Crippen molar-refractivity contribution in [3.05, 3.63) is 75.1 Å². The maximum Gasteiger partial charge on any atom is 0.251 e. The number of carbonyl (C=O) groups excluding carboxylic acids is 1. The highest BCUT2D eigenvalue weighted by Crippen LogP contribution is 2.21. The number of rotatable bonds is 5. The number of thiazole rings is 1. The van der Waals surface area contributed by atoms with Gasteiger partial charge in [-0.25, -0.2) is 4.98 Å². The van der Waals surface area contributed by atoms with Crippen molar-refractivity contribution in [2.75, 3.05) is 6.54 Å². The van der Waals surface area contributed by atoms with Crippen LogP contribution in [0.3, 0.4) is 0 Å². The van der Waals surface area contributed by atoms with Crippen molar-refractivity contribution in [2.24, 2.45) is 0 Å². The first kappa shape index (κ1) is 16.7. The number of aryl methyl sites for hydroxylation is 1. The largest absolute Gasteiger partial charge is 0.352 e. The monoisotopic (exact) mass is 356 g/mol. The summed E-state index contributed by atoms with van der Waals surface area (Å²) in [6, 6.07) is 15.3. The topological polar surface area (TPSA) is 42.0 Å². The van der Waals surface area contributed by atoms with Crippen LogP contribution < -0.4 is 5.32 Å². The lowest BCUT2D eigenvalue weighted by atomic mass is 10.1. The second kappa shape index (κ2) is 7.60. The SMILES string of the molecule is Cc1nc(-c2ccc(CCNC(=O)c3cccc(Cl)c3)cc2)cs1. The Hall–Kier alpha value is -2.17. The summed E-state index contributed by atoms with van der Waals surface area (Å²) in [4.78, 5) is 16.5. The maximum absolute atomic E-state index is 12.1. The summed E-state index contributed by atoms with van der Waals surface area (Å²) >= 11 is 7.55. The van der Waals surface area contributed by atoms with Gasteiger partial charge in [0.25, 0.3) is 5.91 Å². The lowest BCUT2D eigenvalue weighted by molar-refractivity contribution is 0.0954. The van der Waals surface area contributed by atoms with E-state index in [1.807, 2.05) is 6.92 Å². The second-order valence-electron chi connectivity index (χ2n) is 5.46. The molecular formula is C19H17ClN2OS. The van der Waals surface area contributed by atoms with Gasteiger partial charge in [-0.05, 0) is 37.1 Å². The van der Waals surface area contributed by atoms with Gasteiger partial charge in [0.05, 0.1) is 10.7 Å². The molecule has 24 heavy (non-hydrogen) atoms. The Morgan fingerprint density at radius 1 is 1.21 bits per heavy atom. The summed E-state index contributed by atoms with van der Waals surface area (Å²) < 4.78 is 0. The van der Waals surface area contributed by atoms with E-state index in [1.54, 1.807) is 35.6 Å². The zero-order valence-electron chi connectivity index (χ0n) is 13.3. The molecule has 0 aliphatic carbocycles. The third-order valence-corrected chi connectivity index (χ3v) is 4.66. The number of hydrogen-bond acceptors (Lipinski definition) is 3. The van der Waals surface area contributed by atoms with Crippen molar-refractivity contribution in [1.82, 2.24) is 10.3 Å². The third-order valence-electron chi connectivity index (χ3n) is 3.65. The fourth-order valence-electron chi connectivity index (χ4n) is 2.39. The number of nitrogens with one attached hydrogen (secondary N) is 1. The van der Waals surface area contributed by atoms with Crippen LogP contribution in [-0.4, -0.2) is 17.4 Å². The number of benzene rings is 2. The average molecular weight is 357 g/mol. The van der Waals surface area contributed by atoms with Crippen LogP contribution in [-0.2, 0) is 6.42 Å². The van der Waals surface area contributed by atoms with Crippen LogP contribution in [0.5, 0.6) is 0 Å². The van der Waals surface area contributed by atoms with E-state index < -0.39 is 0 Å². The van der Waals surface area contributed by atoms with E-state index in [0.29, 0.717) is 17.1 Å². The first-order chi connectivity index (χ1) is 11.6. The summed E-state index contributed by atoms with van der Waals surface area (Å²) in [7, 11) is 0. The Labute approximate surface area is 150 Å². The lowest BCUT2D eigenvalue weighted by Crippen LogP contribution is -2.25. The highest BCUT2D eigenvalue weighted by atomic mass is 35.5. The Bertz CT molecular complexity index is 843. The van der Waals surface area contributed by atoms with Crippen LogP contribution in [0.25, 0.3) is 11.3 Å². The molecule has 0 saturated heterocycles. The van der Waals surface area contributed by atoms with E-state index in [0.717, 1.165) is 22.7 Å². The number of aromatic nitrogens is 1. The Morgan fingerprint density at radius 2 is 2.00 bits per heavy atom. The standard InChI is InChI=1S/C19H17ClN2OS/c1-13-22-18(12-24-13)15-7-5-14(6-8-15)9-10-21-19(23)16-3-2-4-17(20)11-16/h2-8,11-12H,9-10H2,1H3,(H,21,23). The Morgan fingerprint density at radius 3 is 2.67 bits per heavy atom. The molecule has 2 aromatic carbocycles. The predicted octanol–water partition coefficient (Wildman–Crippen LogP) is 4.74. The van der Waals surface area contributed by atoms with Gasteiger partial charge in [0.2, 0.25) is 0 Å². The number of carbonyl (C=O) groups is 1. The van der Waals surface area contributed by atoms with E-state index in [-0.39, 0.29) is 5.91 Å². The molecule has 1 heterocycles. The van der Waals surface area contributed by atoms with E-state index in [2.05, 4.69) is 39.9 Å². The van der Waals surface area contributed by atoms with Crippen LogP contribution >= 0.6 is 22.9 Å². The van der Waals surface area contributed by atoms with Gasteiger partial charge in [0, 0.05) is 28.1 Å². The minimum Gasteiger partial charge on any atom is -0.352 e. The molecule has 0 spiro atoms. The first-order valence-corrected chi connectivity index (χ1v) is 8.93. The molecule has 0 fully saturated rings. The van der Waals surface area contributed by atoms with E-state index in [1.165, 1.54) is 5.56 Å². The second-order valence-corrected chi connectivity index (χ2v) is 6.96. The molecular weight excluding hydrogens is 340 g/mol. The van der Waals surface area contributed by atoms with E-state index in [4.69, 9.17) is 11.6 Å². The zero-order chi connectivity index (χ0) is 16.9. The molecule has 0 atom stereocenters. The molecule has 0 bridgehead atoms. The molecule has 0 aliphatic heterocycles. The molecule has 1 amide bonds. The predicted molar refractivity (Wildman–Crippen MR) is 99.8 cm³/mol. The minimum atomic E-state index is -0.105. The molecule has 5 heteroatoms. The quantitative estimate of drug-likeness (QED) is 0.717. The number of nitrogens with zero attached hydrogens (tertiary/aromatic N) is 1. The van der Waals surface area contributed by atoms with Crippen molar-refractivity contribution in [2.45, 2.75) is 13.3 Å². The van der Waals surface area contributed by atoms with Crippen LogP contribution in [0, 0.1) is 6.92 Å². The first-order valence-electron chi connectivity index (χ1n) is 7.67. The fraction of sp³-hybridized carbons (Fsp3) is 0.158. The lowest BCUT2D eigenvalue weighted by Gasteiger charge is -2.06. The van der Waals surface area contributed by atoms with Gasteiger partial charge in [-0.1, -0.05) is 41.9 Å². The van der Waals surface area contributed by atoms with Gasteiger partial charge in [0.1, 0.15) is 0 Å². The smallest absolute Gasteiger partial charge is 0.251 e. The van der Waals surface area contributed by atoms with Crippen LogP contribution in [0.1, 0.15) is 20.9 Å². The Kier molecular flexibility index (Phi) is 5.28. The maximum atomic E-state index is 12.1. The summed E-state index contributed by atoms with van der Waals surface area (Å²) in [6.07, 6.45) is 0.780.